The van der Waals surface area contributed by atoms with Crippen molar-refractivity contribution in [3.05, 3.63) is 18.2 Å². The minimum atomic E-state index is -1.28. The minimum Gasteiger partial charge on any atom is -0.481 e. The number of nitrogens with one attached hydrogen (secondary N) is 4. The van der Waals surface area contributed by atoms with Gasteiger partial charge in [-0.05, 0) is 18.3 Å². The molecule has 0 aliphatic carbocycles. The molecule has 196 valence electrons. The number of amides is 3. The molecule has 1 rings (SSSR count). The van der Waals surface area contributed by atoms with Crippen LogP contribution in [0, 0.1) is 11.8 Å². The maximum absolute atomic E-state index is 13.0. The van der Waals surface area contributed by atoms with Crippen molar-refractivity contribution < 1.29 is 34.2 Å². The average molecular weight is 497 g/mol. The van der Waals surface area contributed by atoms with E-state index in [1.807, 2.05) is 0 Å². The number of aromatic amines is 1. The molecule has 0 aliphatic heterocycles. The second-order valence-corrected chi connectivity index (χ2v) is 8.82. The smallest absolute Gasteiger partial charge is 0.326 e. The number of nitrogens with zero attached hydrogens (tertiary/aromatic N) is 1. The Balaban J connectivity index is 3.03. The fourth-order valence-electron chi connectivity index (χ4n) is 3.14. The van der Waals surface area contributed by atoms with Crippen LogP contribution in [0.15, 0.2) is 12.5 Å². The van der Waals surface area contributed by atoms with E-state index >= 15 is 0 Å². The van der Waals surface area contributed by atoms with Gasteiger partial charge >= 0.3 is 11.9 Å². The lowest BCUT2D eigenvalue weighted by Gasteiger charge is -2.28. The summed E-state index contributed by atoms with van der Waals surface area (Å²) in [4.78, 5) is 67.8. The third kappa shape index (κ3) is 9.73. The summed E-state index contributed by atoms with van der Waals surface area (Å²) in [5.41, 5.74) is 6.34. The van der Waals surface area contributed by atoms with E-state index in [2.05, 4.69) is 25.9 Å². The number of carboxylic acids is 2. The van der Waals surface area contributed by atoms with Crippen LogP contribution < -0.4 is 21.7 Å². The Morgan fingerprint density at radius 3 is 2.11 bits per heavy atom. The number of carboxylic acid groups (broad SMARTS) is 2. The zero-order valence-corrected chi connectivity index (χ0v) is 20.4. The Hall–Kier alpha value is -3.48. The van der Waals surface area contributed by atoms with Gasteiger partial charge in [-0.25, -0.2) is 9.78 Å². The van der Waals surface area contributed by atoms with Gasteiger partial charge in [0.2, 0.25) is 17.7 Å². The summed E-state index contributed by atoms with van der Waals surface area (Å²) < 4.78 is 0. The highest BCUT2D eigenvalue weighted by molar-refractivity contribution is 5.94. The van der Waals surface area contributed by atoms with Gasteiger partial charge in [0.25, 0.3) is 0 Å². The van der Waals surface area contributed by atoms with Crippen molar-refractivity contribution in [3.63, 3.8) is 0 Å². The van der Waals surface area contributed by atoms with E-state index in [0.29, 0.717) is 12.1 Å². The largest absolute Gasteiger partial charge is 0.481 e. The lowest BCUT2D eigenvalue weighted by Crippen LogP contribution is -2.59. The van der Waals surface area contributed by atoms with Crippen molar-refractivity contribution in [2.24, 2.45) is 17.6 Å². The van der Waals surface area contributed by atoms with Gasteiger partial charge in [-0.1, -0.05) is 34.1 Å². The average Bonchev–Trinajstić information content (AvgIpc) is 3.31. The molecular weight excluding hydrogens is 460 g/mol. The van der Waals surface area contributed by atoms with E-state index in [-0.39, 0.29) is 18.8 Å². The van der Waals surface area contributed by atoms with Crippen LogP contribution in [0.5, 0.6) is 0 Å². The van der Waals surface area contributed by atoms with Crippen LogP contribution in [-0.4, -0.2) is 74.0 Å². The second-order valence-electron chi connectivity index (χ2n) is 8.82. The molecule has 0 spiro atoms. The number of aliphatic carboxylic acids is 2. The standard InChI is InChI=1S/C22H36N6O7/c1-5-12(4)18(21(33)27-15(22(34)35)8-13-9-24-10-25-13)28-19(31)14(6-7-16(29)30)26-20(32)17(23)11(2)3/h9-12,14-15,17-18H,5-8,23H2,1-4H3,(H,24,25)(H,26,32)(H,27,33)(H,28,31)(H,29,30)(H,34,35). The van der Waals surface area contributed by atoms with Crippen molar-refractivity contribution in [2.45, 2.75) is 77.5 Å². The summed E-state index contributed by atoms with van der Waals surface area (Å²) in [6, 6.07) is -4.57. The van der Waals surface area contributed by atoms with Gasteiger partial charge in [0.05, 0.1) is 12.4 Å². The van der Waals surface area contributed by atoms with E-state index < -0.39 is 66.2 Å². The van der Waals surface area contributed by atoms with Crippen molar-refractivity contribution >= 4 is 29.7 Å². The number of rotatable bonds is 15. The van der Waals surface area contributed by atoms with Crippen molar-refractivity contribution in [3.8, 4) is 0 Å². The number of carbonyl (C=O) groups is 5. The number of H-pyrrole nitrogens is 1. The highest BCUT2D eigenvalue weighted by atomic mass is 16.4. The van der Waals surface area contributed by atoms with Crippen molar-refractivity contribution in [1.29, 1.82) is 0 Å². The van der Waals surface area contributed by atoms with Crippen LogP contribution in [-0.2, 0) is 30.4 Å². The molecule has 0 saturated heterocycles. The zero-order chi connectivity index (χ0) is 26.7. The molecule has 0 fully saturated rings. The van der Waals surface area contributed by atoms with E-state index in [9.17, 15) is 29.1 Å². The third-order valence-electron chi connectivity index (χ3n) is 5.69. The molecule has 0 aliphatic rings. The normalized spacial score (nSPS) is 15.4. The number of hydrogen-bond donors (Lipinski definition) is 7. The molecule has 0 aromatic carbocycles. The summed E-state index contributed by atoms with van der Waals surface area (Å²) in [7, 11) is 0. The summed E-state index contributed by atoms with van der Waals surface area (Å²) >= 11 is 0. The van der Waals surface area contributed by atoms with Gasteiger partial charge in [0.1, 0.15) is 18.1 Å². The summed E-state index contributed by atoms with van der Waals surface area (Å²) in [5.74, 6) is -5.16. The van der Waals surface area contributed by atoms with E-state index in [0.717, 1.165) is 0 Å². The molecule has 1 heterocycles. The highest BCUT2D eigenvalue weighted by Crippen LogP contribution is 2.11. The molecule has 0 saturated carbocycles. The number of nitrogens with two attached hydrogens (primary N) is 1. The molecule has 5 atom stereocenters. The Bertz CT molecular complexity index is 874. The van der Waals surface area contributed by atoms with Gasteiger partial charge in [-0.2, -0.15) is 0 Å². The second kappa shape index (κ2) is 14.0. The lowest BCUT2D eigenvalue weighted by molar-refractivity contribution is -0.142. The first-order valence-corrected chi connectivity index (χ1v) is 11.5. The Morgan fingerprint density at radius 1 is 1.00 bits per heavy atom. The fourth-order valence-corrected chi connectivity index (χ4v) is 3.14. The van der Waals surface area contributed by atoms with E-state index in [1.54, 1.807) is 27.7 Å². The summed E-state index contributed by atoms with van der Waals surface area (Å²) in [5, 5.41) is 26.0. The fraction of sp³-hybridized carbons (Fsp3) is 0.636. The van der Waals surface area contributed by atoms with Gasteiger partial charge in [-0.15, -0.1) is 0 Å². The molecule has 0 radical (unpaired) electrons. The van der Waals surface area contributed by atoms with Crippen molar-refractivity contribution in [1.82, 2.24) is 25.9 Å². The molecule has 8 N–H and O–H groups in total. The monoisotopic (exact) mass is 496 g/mol. The van der Waals surface area contributed by atoms with Crippen LogP contribution in [0.25, 0.3) is 0 Å². The predicted molar refractivity (Wildman–Crippen MR) is 125 cm³/mol. The number of carbonyl (C=O) groups excluding carboxylic acids is 3. The van der Waals surface area contributed by atoms with Crippen LogP contribution in [0.3, 0.4) is 0 Å². The molecule has 1 aromatic rings. The van der Waals surface area contributed by atoms with Gasteiger partial charge in [0, 0.05) is 24.7 Å². The van der Waals surface area contributed by atoms with E-state index in [1.165, 1.54) is 12.5 Å². The van der Waals surface area contributed by atoms with Gasteiger partial charge < -0.3 is 36.9 Å². The Kier molecular flexibility index (Phi) is 11.9. The van der Waals surface area contributed by atoms with Gasteiger partial charge in [0.15, 0.2) is 0 Å². The maximum atomic E-state index is 13.0. The maximum Gasteiger partial charge on any atom is 0.326 e. The van der Waals surface area contributed by atoms with Crippen LogP contribution in [0.2, 0.25) is 0 Å². The van der Waals surface area contributed by atoms with Crippen LogP contribution in [0.4, 0.5) is 0 Å². The van der Waals surface area contributed by atoms with Gasteiger partial charge in [-0.3, -0.25) is 19.2 Å². The minimum absolute atomic E-state index is 0.0490. The molecular formula is C22H36N6O7. The number of hydrogen-bond acceptors (Lipinski definition) is 7. The first-order chi connectivity index (χ1) is 16.4. The number of imidazole rings is 1. The SMILES string of the molecule is CCC(C)C(NC(=O)C(CCC(=O)O)NC(=O)C(N)C(C)C)C(=O)NC(Cc1cnc[nH]1)C(=O)O. The molecule has 0 bridgehead atoms. The van der Waals surface area contributed by atoms with Crippen LogP contribution >= 0.6 is 0 Å². The topological polar surface area (TPSA) is 217 Å². The highest BCUT2D eigenvalue weighted by Gasteiger charge is 2.33. The zero-order valence-electron chi connectivity index (χ0n) is 20.4. The summed E-state index contributed by atoms with van der Waals surface area (Å²) in [6.07, 6.45) is 2.63. The Morgan fingerprint density at radius 2 is 1.63 bits per heavy atom. The molecule has 13 nitrogen and oxygen atoms in total. The molecule has 5 unspecified atom stereocenters. The lowest BCUT2D eigenvalue weighted by atomic mass is 9.96. The third-order valence-corrected chi connectivity index (χ3v) is 5.69. The van der Waals surface area contributed by atoms with Crippen LogP contribution in [0.1, 0.15) is 52.7 Å². The number of aromatic nitrogens is 2. The molecule has 35 heavy (non-hydrogen) atoms. The quantitative estimate of drug-likeness (QED) is 0.164. The van der Waals surface area contributed by atoms with Crippen molar-refractivity contribution in [2.75, 3.05) is 0 Å². The molecule has 13 heteroatoms. The molecule has 1 aromatic heterocycles. The Labute approximate surface area is 203 Å². The molecule has 3 amide bonds. The first kappa shape index (κ1) is 29.6. The first-order valence-electron chi connectivity index (χ1n) is 11.5. The predicted octanol–water partition coefficient (Wildman–Crippen LogP) is -0.615. The van der Waals surface area contributed by atoms with E-state index in [4.69, 9.17) is 10.8 Å². The summed E-state index contributed by atoms with van der Waals surface area (Å²) in [6.45, 7) is 6.94.